The Kier molecular flexibility index (Phi) is 3.73. The van der Waals surface area contributed by atoms with E-state index in [0.29, 0.717) is 29.8 Å². The third-order valence-electron chi connectivity index (χ3n) is 8.98. The summed E-state index contributed by atoms with van der Waals surface area (Å²) in [6, 6.07) is 9.46. The molecule has 4 saturated heterocycles. The van der Waals surface area contributed by atoms with E-state index in [9.17, 15) is 9.59 Å². The number of hydrogen-bond donors (Lipinski definition) is 0. The van der Waals surface area contributed by atoms with Crippen LogP contribution < -0.4 is 4.90 Å². The molecule has 0 radical (unpaired) electrons. The number of benzene rings is 1. The van der Waals surface area contributed by atoms with Gasteiger partial charge in [0.2, 0.25) is 0 Å². The molecular weight excluding hydrogens is 380 g/mol. The molecule has 10 atom stereocenters. The van der Waals surface area contributed by atoms with Crippen LogP contribution in [0.25, 0.3) is 0 Å². The van der Waals surface area contributed by atoms with Gasteiger partial charge in [-0.05, 0) is 36.8 Å². The molecule has 1 saturated carbocycles. The Labute approximate surface area is 177 Å². The summed E-state index contributed by atoms with van der Waals surface area (Å²) in [5.41, 5.74) is 2.41. The molecule has 5 bridgehead atoms. The Morgan fingerprint density at radius 1 is 1.13 bits per heavy atom. The maximum Gasteiger partial charge on any atom is 0.304 e. The first-order valence-electron chi connectivity index (χ1n) is 11.3. The van der Waals surface area contributed by atoms with Gasteiger partial charge in [-0.25, -0.2) is 0 Å². The molecule has 1 aliphatic carbocycles. The molecule has 2 unspecified atom stereocenters. The molecule has 6 aliphatic rings. The zero-order valence-electron chi connectivity index (χ0n) is 18.1. The molecule has 5 heterocycles. The third-order valence-corrected chi connectivity index (χ3v) is 8.98. The fourth-order valence-electron chi connectivity index (χ4n) is 8.49. The third kappa shape index (κ3) is 1.99. The number of rotatable bonds is 3. The second kappa shape index (κ2) is 6.00. The first kappa shape index (κ1) is 18.7. The lowest BCUT2D eigenvalue weighted by Gasteiger charge is -2.62. The molecule has 6 nitrogen and oxygen atoms in total. The fraction of sp³-hybridized carbons (Fsp3) is 0.667. The summed E-state index contributed by atoms with van der Waals surface area (Å²) in [6.07, 6.45) is 2.72. The zero-order chi connectivity index (χ0) is 20.9. The lowest BCUT2D eigenvalue weighted by Crippen LogP contribution is -2.73. The van der Waals surface area contributed by atoms with Gasteiger partial charge in [-0.3, -0.25) is 14.5 Å². The van der Waals surface area contributed by atoms with Gasteiger partial charge < -0.3 is 14.4 Å². The van der Waals surface area contributed by atoms with Crippen molar-refractivity contribution in [1.82, 2.24) is 4.90 Å². The van der Waals surface area contributed by atoms with E-state index in [0.717, 1.165) is 19.3 Å². The van der Waals surface area contributed by atoms with Crippen molar-refractivity contribution in [2.45, 2.75) is 75.9 Å². The van der Waals surface area contributed by atoms with Crippen LogP contribution in [0.3, 0.4) is 0 Å². The van der Waals surface area contributed by atoms with E-state index in [2.05, 4.69) is 48.0 Å². The quantitative estimate of drug-likeness (QED) is 0.714. The van der Waals surface area contributed by atoms with Crippen LogP contribution in [0, 0.1) is 17.8 Å². The van der Waals surface area contributed by atoms with E-state index in [-0.39, 0.29) is 35.7 Å². The van der Waals surface area contributed by atoms with Crippen LogP contribution >= 0.6 is 0 Å². The number of anilines is 1. The minimum absolute atomic E-state index is 0.122. The first-order valence-corrected chi connectivity index (χ1v) is 11.3. The summed E-state index contributed by atoms with van der Waals surface area (Å²) < 4.78 is 12.2. The summed E-state index contributed by atoms with van der Waals surface area (Å²) in [7, 11) is 2.18. The van der Waals surface area contributed by atoms with Gasteiger partial charge in [-0.15, -0.1) is 0 Å². The van der Waals surface area contributed by atoms with Gasteiger partial charge >= 0.3 is 11.9 Å². The number of nitrogens with zero attached hydrogens (tertiary/aromatic N) is 2. The highest BCUT2D eigenvalue weighted by Crippen LogP contribution is 2.69. The largest absolute Gasteiger partial charge is 0.461 e. The van der Waals surface area contributed by atoms with Crippen molar-refractivity contribution in [3.05, 3.63) is 29.8 Å². The highest BCUT2D eigenvalue weighted by atomic mass is 16.6. The minimum atomic E-state index is -0.203. The molecule has 7 rings (SSSR count). The number of carbonyl (C=O) groups excluding carboxylic acids is 2. The Balaban J connectivity index is 1.56. The smallest absolute Gasteiger partial charge is 0.304 e. The second-order valence-corrected chi connectivity index (χ2v) is 9.98. The van der Waals surface area contributed by atoms with E-state index >= 15 is 0 Å². The predicted octanol–water partition coefficient (Wildman–Crippen LogP) is 2.70. The van der Waals surface area contributed by atoms with Crippen molar-refractivity contribution >= 4 is 17.6 Å². The van der Waals surface area contributed by atoms with Gasteiger partial charge in [0.05, 0.1) is 11.5 Å². The van der Waals surface area contributed by atoms with Crippen LogP contribution in [0.1, 0.15) is 45.6 Å². The number of ether oxygens (including phenoxy) is 2. The molecule has 1 spiro atoms. The van der Waals surface area contributed by atoms with E-state index in [1.807, 2.05) is 0 Å². The van der Waals surface area contributed by atoms with Crippen molar-refractivity contribution < 1.29 is 19.1 Å². The van der Waals surface area contributed by atoms with E-state index in [1.54, 1.807) is 6.92 Å². The highest BCUT2D eigenvalue weighted by molar-refractivity contribution is 5.70. The Morgan fingerprint density at radius 2 is 1.87 bits per heavy atom. The lowest BCUT2D eigenvalue weighted by atomic mass is 9.62. The predicted molar refractivity (Wildman–Crippen MR) is 111 cm³/mol. The molecule has 0 N–H and O–H groups in total. The van der Waals surface area contributed by atoms with Gasteiger partial charge in [-0.2, -0.15) is 0 Å². The topological polar surface area (TPSA) is 59.1 Å². The summed E-state index contributed by atoms with van der Waals surface area (Å²) in [5.74, 6) is 0.608. The maximum atomic E-state index is 12.3. The lowest BCUT2D eigenvalue weighted by molar-refractivity contribution is -0.228. The summed E-state index contributed by atoms with van der Waals surface area (Å²) >= 11 is 0. The number of likely N-dealkylation sites (N-methyl/N-ethyl adjacent to an activating group) is 1. The molecule has 1 aromatic carbocycles. The average molecular weight is 411 g/mol. The van der Waals surface area contributed by atoms with E-state index < -0.39 is 0 Å². The van der Waals surface area contributed by atoms with Gasteiger partial charge in [-0.1, -0.05) is 25.1 Å². The van der Waals surface area contributed by atoms with E-state index in [4.69, 9.17) is 9.47 Å². The molecular formula is C24H30N2O4. The van der Waals surface area contributed by atoms with Crippen LogP contribution in [0.4, 0.5) is 5.69 Å². The molecule has 1 aromatic rings. The number of hydrogen-bond acceptors (Lipinski definition) is 6. The van der Waals surface area contributed by atoms with Crippen LogP contribution in [0.2, 0.25) is 0 Å². The van der Waals surface area contributed by atoms with Crippen molar-refractivity contribution in [1.29, 1.82) is 0 Å². The van der Waals surface area contributed by atoms with Crippen molar-refractivity contribution in [2.24, 2.45) is 17.8 Å². The van der Waals surface area contributed by atoms with Gasteiger partial charge in [0.1, 0.15) is 6.10 Å². The molecule has 5 fully saturated rings. The normalized spacial score (nSPS) is 46.5. The van der Waals surface area contributed by atoms with Crippen molar-refractivity contribution in [3.63, 3.8) is 0 Å². The molecule has 160 valence electrons. The van der Waals surface area contributed by atoms with Gasteiger partial charge in [0, 0.05) is 50.5 Å². The van der Waals surface area contributed by atoms with Crippen LogP contribution in [-0.4, -0.2) is 54.3 Å². The van der Waals surface area contributed by atoms with Gasteiger partial charge in [0.15, 0.2) is 6.23 Å². The molecule has 5 aliphatic heterocycles. The average Bonchev–Trinajstić information content (AvgIpc) is 3.10. The Bertz CT molecular complexity index is 934. The number of carbonyl (C=O) groups is 2. The number of esters is 2. The van der Waals surface area contributed by atoms with Crippen LogP contribution in [-0.2, 0) is 24.5 Å². The minimum Gasteiger partial charge on any atom is -0.461 e. The molecule has 0 amide bonds. The van der Waals surface area contributed by atoms with Crippen molar-refractivity contribution in [2.75, 3.05) is 11.9 Å². The monoisotopic (exact) mass is 410 g/mol. The Morgan fingerprint density at radius 3 is 2.57 bits per heavy atom. The van der Waals surface area contributed by atoms with Crippen LogP contribution in [0.15, 0.2) is 24.3 Å². The fourth-order valence-corrected chi connectivity index (χ4v) is 8.49. The standard InChI is InChI=1S/C24H30N2O4/c1-5-14-15-10-18-21-24(16-8-6-7-9-17(16)25(21)4)11-19(20(15)22(24)29-12(2)27)26(18)23(14)30-13(3)28/h6-9,14-15,18-23H,5,10-11H2,1-4H3/t14-,15-,18-,19-,20+,21+,22+,23+,24?/m0/s1. The molecule has 0 aromatic heterocycles. The SMILES string of the molecule is CC[C@H]1[C@@H]2C[C@H]3[C@H]4N(C)c5ccccc5C45C[C@@H]([C@@H]2[C@H]5OC(C)=O)N3[C@@H]1OC(C)=O. The zero-order valence-corrected chi connectivity index (χ0v) is 18.1. The van der Waals surface area contributed by atoms with Crippen molar-refractivity contribution in [3.8, 4) is 0 Å². The van der Waals surface area contributed by atoms with Crippen LogP contribution in [0.5, 0.6) is 0 Å². The number of para-hydroxylation sites is 1. The second-order valence-electron chi connectivity index (χ2n) is 9.98. The summed E-state index contributed by atoms with van der Waals surface area (Å²) in [5, 5.41) is 0. The number of fused-ring (bicyclic) bond motifs is 2. The maximum absolute atomic E-state index is 12.3. The first-order chi connectivity index (χ1) is 14.4. The van der Waals surface area contributed by atoms with E-state index in [1.165, 1.54) is 18.2 Å². The molecule has 6 heteroatoms. The number of piperidine rings is 4. The molecule has 30 heavy (non-hydrogen) atoms. The highest BCUT2D eigenvalue weighted by Gasteiger charge is 2.78. The Hall–Kier alpha value is -2.08. The summed E-state index contributed by atoms with van der Waals surface area (Å²) in [4.78, 5) is 29.2. The van der Waals surface area contributed by atoms with Gasteiger partial charge in [0.25, 0.3) is 0 Å². The summed E-state index contributed by atoms with van der Waals surface area (Å²) in [6.45, 7) is 5.26.